The molecule has 1 amide bonds. The van der Waals surface area contributed by atoms with Gasteiger partial charge in [-0.25, -0.2) is 0 Å². The van der Waals surface area contributed by atoms with Crippen molar-refractivity contribution in [3.05, 3.63) is 35.4 Å². The fourth-order valence-electron chi connectivity index (χ4n) is 4.69. The lowest BCUT2D eigenvalue weighted by Gasteiger charge is -2.31. The minimum atomic E-state index is -0.750. The molecule has 0 radical (unpaired) electrons. The quantitative estimate of drug-likeness (QED) is 0.901. The zero-order valence-corrected chi connectivity index (χ0v) is 13.1. The van der Waals surface area contributed by atoms with Crippen LogP contribution in [0.5, 0.6) is 0 Å². The molecular formula is C19H25NO2. The molecule has 0 spiro atoms. The van der Waals surface area contributed by atoms with Crippen LogP contribution in [-0.4, -0.2) is 22.7 Å². The summed E-state index contributed by atoms with van der Waals surface area (Å²) in [5, 5.41) is 13.7. The third kappa shape index (κ3) is 2.56. The lowest BCUT2D eigenvalue weighted by atomic mass is 9.82. The number of carbonyl (C=O) groups is 1. The van der Waals surface area contributed by atoms with Crippen LogP contribution in [0.4, 0.5) is 0 Å². The smallest absolute Gasteiger partial charge is 0.223 e. The Hall–Kier alpha value is -1.35. The van der Waals surface area contributed by atoms with E-state index in [-0.39, 0.29) is 12.3 Å². The number of aryl methyl sites for hydroxylation is 1. The monoisotopic (exact) mass is 299 g/mol. The number of amides is 1. The molecule has 0 bridgehead atoms. The maximum Gasteiger partial charge on any atom is 0.223 e. The van der Waals surface area contributed by atoms with Crippen LogP contribution >= 0.6 is 0 Å². The van der Waals surface area contributed by atoms with Crippen LogP contribution in [0.3, 0.4) is 0 Å². The molecule has 2 fully saturated rings. The normalized spacial score (nSPS) is 31.8. The van der Waals surface area contributed by atoms with Crippen LogP contribution in [0.15, 0.2) is 24.3 Å². The topological polar surface area (TPSA) is 49.3 Å². The fraction of sp³-hybridized carbons (Fsp3) is 0.632. The predicted molar refractivity (Wildman–Crippen MR) is 85.6 cm³/mol. The van der Waals surface area contributed by atoms with Crippen molar-refractivity contribution in [1.29, 1.82) is 0 Å². The van der Waals surface area contributed by atoms with Crippen LogP contribution in [-0.2, 0) is 11.2 Å². The highest BCUT2D eigenvalue weighted by molar-refractivity contribution is 5.78. The molecule has 0 heterocycles. The number of nitrogens with one attached hydrogen (secondary N) is 1. The molecule has 0 aliphatic heterocycles. The van der Waals surface area contributed by atoms with Gasteiger partial charge in [0.05, 0.1) is 12.0 Å². The number of carbonyl (C=O) groups excluding carboxylic acids is 1. The summed E-state index contributed by atoms with van der Waals surface area (Å²) in [6.07, 6.45) is 7.43. The van der Waals surface area contributed by atoms with Crippen LogP contribution in [0.1, 0.15) is 62.0 Å². The van der Waals surface area contributed by atoms with E-state index < -0.39 is 5.60 Å². The lowest BCUT2D eigenvalue weighted by molar-refractivity contribution is -0.127. The summed E-state index contributed by atoms with van der Waals surface area (Å²) in [5.74, 6) is 1.16. The van der Waals surface area contributed by atoms with Gasteiger partial charge in [-0.1, -0.05) is 43.5 Å². The van der Waals surface area contributed by atoms with Crippen LogP contribution in [0.2, 0.25) is 0 Å². The molecule has 118 valence electrons. The highest BCUT2D eigenvalue weighted by Gasteiger charge is 2.54. The molecule has 2 saturated carbocycles. The van der Waals surface area contributed by atoms with Crippen molar-refractivity contribution in [1.82, 2.24) is 5.32 Å². The molecule has 3 unspecified atom stereocenters. The largest absolute Gasteiger partial charge is 0.389 e. The van der Waals surface area contributed by atoms with E-state index in [2.05, 4.69) is 29.6 Å². The first-order valence-corrected chi connectivity index (χ1v) is 8.76. The molecule has 3 aliphatic rings. The minimum absolute atomic E-state index is 0.0429. The summed E-state index contributed by atoms with van der Waals surface area (Å²) in [6.45, 7) is 0. The molecule has 3 atom stereocenters. The number of hydrogen-bond acceptors (Lipinski definition) is 2. The van der Waals surface area contributed by atoms with E-state index in [1.54, 1.807) is 0 Å². The van der Waals surface area contributed by atoms with E-state index in [4.69, 9.17) is 0 Å². The van der Waals surface area contributed by atoms with Crippen molar-refractivity contribution in [3.63, 3.8) is 0 Å². The van der Waals surface area contributed by atoms with Gasteiger partial charge in [0.1, 0.15) is 0 Å². The van der Waals surface area contributed by atoms with Gasteiger partial charge in [-0.15, -0.1) is 0 Å². The van der Waals surface area contributed by atoms with Gasteiger partial charge in [0.15, 0.2) is 0 Å². The van der Waals surface area contributed by atoms with Gasteiger partial charge in [0.25, 0.3) is 0 Å². The second-order valence-corrected chi connectivity index (χ2v) is 7.48. The minimum Gasteiger partial charge on any atom is -0.389 e. The van der Waals surface area contributed by atoms with Gasteiger partial charge in [-0.2, -0.15) is 0 Å². The summed E-state index contributed by atoms with van der Waals surface area (Å²) in [5.41, 5.74) is 2.13. The zero-order valence-electron chi connectivity index (χ0n) is 13.1. The Morgan fingerprint density at radius 3 is 2.82 bits per heavy atom. The molecule has 22 heavy (non-hydrogen) atoms. The molecule has 3 aliphatic carbocycles. The van der Waals surface area contributed by atoms with Gasteiger partial charge in [-0.3, -0.25) is 4.79 Å². The van der Waals surface area contributed by atoms with Crippen LogP contribution in [0.25, 0.3) is 0 Å². The standard InChI is InChI=1S/C19H25NO2/c21-16(12-19(22)10-4-1-5-11-19)20-18-15-9-8-13-6-2-3-7-14(13)17(15)18/h2-3,6-7,15,17-18,22H,1,4-5,8-12H2,(H,20,21). The number of aliphatic hydroxyl groups is 1. The van der Waals surface area contributed by atoms with Crippen LogP contribution in [0, 0.1) is 5.92 Å². The lowest BCUT2D eigenvalue weighted by Crippen LogP contribution is -2.39. The Bertz CT molecular complexity index is 577. The SMILES string of the molecule is O=C(CC1(O)CCCCC1)NC1C2CCc3ccccc3C21. The van der Waals surface area contributed by atoms with Gasteiger partial charge < -0.3 is 10.4 Å². The van der Waals surface area contributed by atoms with Gasteiger partial charge in [-0.05, 0) is 42.7 Å². The molecule has 0 aromatic heterocycles. The van der Waals surface area contributed by atoms with E-state index in [1.807, 2.05) is 0 Å². The second kappa shape index (κ2) is 5.38. The maximum absolute atomic E-state index is 12.4. The second-order valence-electron chi connectivity index (χ2n) is 7.48. The Morgan fingerprint density at radius 1 is 1.23 bits per heavy atom. The molecule has 2 N–H and O–H groups in total. The average Bonchev–Trinajstić information content (AvgIpc) is 3.21. The predicted octanol–water partition coefficient (Wildman–Crippen LogP) is 2.92. The average molecular weight is 299 g/mol. The molecular weight excluding hydrogens is 274 g/mol. The van der Waals surface area contributed by atoms with Crippen molar-refractivity contribution in [2.45, 2.75) is 68.9 Å². The number of hydrogen-bond donors (Lipinski definition) is 2. The molecule has 3 heteroatoms. The van der Waals surface area contributed by atoms with Crippen molar-refractivity contribution < 1.29 is 9.90 Å². The Kier molecular flexibility index (Phi) is 3.48. The van der Waals surface area contributed by atoms with Gasteiger partial charge in [0, 0.05) is 12.0 Å². The molecule has 1 aromatic rings. The highest BCUT2D eigenvalue weighted by atomic mass is 16.3. The van der Waals surface area contributed by atoms with Crippen molar-refractivity contribution >= 4 is 5.91 Å². The first-order valence-electron chi connectivity index (χ1n) is 8.76. The molecule has 4 rings (SSSR count). The molecule has 1 aromatic carbocycles. The summed E-state index contributed by atoms with van der Waals surface area (Å²) in [6, 6.07) is 8.93. The highest BCUT2D eigenvalue weighted by Crippen LogP contribution is 2.54. The van der Waals surface area contributed by atoms with E-state index >= 15 is 0 Å². The van der Waals surface area contributed by atoms with E-state index in [0.29, 0.717) is 17.9 Å². The third-order valence-electron chi connectivity index (χ3n) is 5.93. The van der Waals surface area contributed by atoms with E-state index in [0.717, 1.165) is 32.1 Å². The Balaban J connectivity index is 1.38. The van der Waals surface area contributed by atoms with Gasteiger partial charge in [0.2, 0.25) is 5.91 Å². The summed E-state index contributed by atoms with van der Waals surface area (Å²) in [7, 11) is 0. The summed E-state index contributed by atoms with van der Waals surface area (Å²) in [4.78, 5) is 12.4. The first kappa shape index (κ1) is 14.3. The first-order chi connectivity index (χ1) is 10.7. The van der Waals surface area contributed by atoms with Crippen molar-refractivity contribution in [3.8, 4) is 0 Å². The maximum atomic E-state index is 12.4. The molecule has 3 nitrogen and oxygen atoms in total. The van der Waals surface area contributed by atoms with Gasteiger partial charge >= 0.3 is 0 Å². The Morgan fingerprint density at radius 2 is 2.00 bits per heavy atom. The third-order valence-corrected chi connectivity index (χ3v) is 5.93. The number of rotatable bonds is 3. The Labute approximate surface area is 132 Å². The number of fused-ring (bicyclic) bond motifs is 3. The van der Waals surface area contributed by atoms with Crippen molar-refractivity contribution in [2.24, 2.45) is 5.92 Å². The summed E-state index contributed by atoms with van der Waals surface area (Å²) < 4.78 is 0. The molecule has 0 saturated heterocycles. The van der Waals surface area contributed by atoms with Crippen LogP contribution < -0.4 is 5.32 Å². The van der Waals surface area contributed by atoms with Crippen molar-refractivity contribution in [2.75, 3.05) is 0 Å². The number of benzene rings is 1. The van der Waals surface area contributed by atoms with E-state index in [1.165, 1.54) is 24.0 Å². The summed E-state index contributed by atoms with van der Waals surface area (Å²) >= 11 is 0. The van der Waals surface area contributed by atoms with E-state index in [9.17, 15) is 9.90 Å². The fourth-order valence-corrected chi connectivity index (χ4v) is 4.69. The zero-order chi connectivity index (χ0) is 15.2.